The van der Waals surface area contributed by atoms with Gasteiger partial charge in [0.2, 0.25) is 0 Å². The van der Waals surface area contributed by atoms with E-state index in [0.29, 0.717) is 41.5 Å². The van der Waals surface area contributed by atoms with Gasteiger partial charge in [-0.3, -0.25) is 19.5 Å². The van der Waals surface area contributed by atoms with E-state index in [1.165, 1.54) is 4.90 Å². The van der Waals surface area contributed by atoms with Gasteiger partial charge >= 0.3 is 0 Å². The Morgan fingerprint density at radius 1 is 0.970 bits per heavy atom. The number of benzene rings is 2. The molecule has 1 amide bonds. The number of hydrogen-bond donors (Lipinski definition) is 1. The third kappa shape index (κ3) is 4.30. The number of amides is 1. The van der Waals surface area contributed by atoms with Crippen molar-refractivity contribution >= 4 is 23.1 Å². The van der Waals surface area contributed by atoms with Gasteiger partial charge in [0.05, 0.1) is 24.8 Å². The molecule has 0 saturated carbocycles. The Morgan fingerprint density at radius 2 is 1.70 bits per heavy atom. The van der Waals surface area contributed by atoms with Crippen LogP contribution in [0.25, 0.3) is 5.76 Å². The van der Waals surface area contributed by atoms with Crippen LogP contribution in [-0.2, 0) is 9.59 Å². The number of carbonyl (C=O) groups is 2. The average Bonchev–Trinajstić information content (AvgIpc) is 3.11. The molecule has 0 radical (unpaired) electrons. The van der Waals surface area contributed by atoms with Crippen molar-refractivity contribution in [3.05, 3.63) is 89.8 Å². The Balaban J connectivity index is 1.86. The molecule has 0 spiro atoms. The topological polar surface area (TPSA) is 89.0 Å². The molecular formula is C26H24N2O5. The lowest BCUT2D eigenvalue weighted by molar-refractivity contribution is -0.132. The first-order valence-electron chi connectivity index (χ1n) is 10.7. The Labute approximate surface area is 191 Å². The minimum absolute atomic E-state index is 0.00414. The SMILES string of the molecule is CCOc1ccc(N2C(=O)C(=O)/C(=C(\O)c3cccc(OCC)c3)C2c2cccnc2)cc1. The number of aliphatic hydroxyl groups is 1. The molecule has 1 aliphatic heterocycles. The van der Waals surface area contributed by atoms with Crippen molar-refractivity contribution in [2.24, 2.45) is 0 Å². The number of pyridine rings is 1. The highest BCUT2D eigenvalue weighted by Gasteiger charge is 2.47. The molecule has 1 N–H and O–H groups in total. The normalized spacial score (nSPS) is 17.3. The van der Waals surface area contributed by atoms with E-state index in [1.807, 2.05) is 13.8 Å². The van der Waals surface area contributed by atoms with Crippen molar-refractivity contribution in [1.82, 2.24) is 4.98 Å². The van der Waals surface area contributed by atoms with Crippen molar-refractivity contribution in [2.75, 3.05) is 18.1 Å². The summed E-state index contributed by atoms with van der Waals surface area (Å²) in [4.78, 5) is 31.9. The maximum Gasteiger partial charge on any atom is 0.300 e. The van der Waals surface area contributed by atoms with Gasteiger partial charge < -0.3 is 14.6 Å². The van der Waals surface area contributed by atoms with Crippen molar-refractivity contribution in [2.45, 2.75) is 19.9 Å². The van der Waals surface area contributed by atoms with Crippen LogP contribution in [-0.4, -0.2) is 35.0 Å². The molecule has 33 heavy (non-hydrogen) atoms. The maximum atomic E-state index is 13.2. The number of Topliss-reactive ketones (excluding diaryl/α,β-unsaturated/α-hetero) is 1. The van der Waals surface area contributed by atoms with Gasteiger partial charge in [-0.1, -0.05) is 18.2 Å². The Morgan fingerprint density at radius 3 is 2.36 bits per heavy atom. The Kier molecular flexibility index (Phi) is 6.40. The second kappa shape index (κ2) is 9.56. The molecule has 1 fully saturated rings. The first-order valence-corrected chi connectivity index (χ1v) is 10.7. The van der Waals surface area contributed by atoms with Crippen LogP contribution in [0.2, 0.25) is 0 Å². The molecule has 7 heteroatoms. The number of aromatic nitrogens is 1. The molecule has 1 aromatic heterocycles. The third-order valence-electron chi connectivity index (χ3n) is 5.29. The van der Waals surface area contributed by atoms with Crippen LogP contribution in [0.15, 0.2) is 78.6 Å². The highest BCUT2D eigenvalue weighted by molar-refractivity contribution is 6.51. The molecular weight excluding hydrogens is 420 g/mol. The second-order valence-electron chi connectivity index (χ2n) is 7.34. The fourth-order valence-corrected chi connectivity index (χ4v) is 3.88. The molecule has 168 valence electrons. The van der Waals surface area contributed by atoms with E-state index in [0.717, 1.165) is 0 Å². The lowest BCUT2D eigenvalue weighted by atomic mass is 9.96. The molecule has 1 aliphatic rings. The van der Waals surface area contributed by atoms with E-state index in [2.05, 4.69) is 4.98 Å². The van der Waals surface area contributed by atoms with Crippen molar-refractivity contribution in [1.29, 1.82) is 0 Å². The predicted molar refractivity (Wildman–Crippen MR) is 124 cm³/mol. The zero-order valence-corrected chi connectivity index (χ0v) is 18.4. The average molecular weight is 444 g/mol. The molecule has 4 rings (SSSR count). The first-order chi connectivity index (χ1) is 16.0. The van der Waals surface area contributed by atoms with Gasteiger partial charge in [0.1, 0.15) is 17.3 Å². The molecule has 0 aliphatic carbocycles. The van der Waals surface area contributed by atoms with Crippen LogP contribution >= 0.6 is 0 Å². The van der Waals surface area contributed by atoms with Gasteiger partial charge in [-0.05, 0) is 61.9 Å². The summed E-state index contributed by atoms with van der Waals surface area (Å²) in [6.45, 7) is 4.72. The molecule has 3 aromatic rings. The number of hydrogen-bond acceptors (Lipinski definition) is 6. The number of nitrogens with zero attached hydrogens (tertiary/aromatic N) is 2. The summed E-state index contributed by atoms with van der Waals surface area (Å²) in [5.41, 5.74) is 1.50. The van der Waals surface area contributed by atoms with E-state index in [4.69, 9.17) is 9.47 Å². The number of ether oxygens (including phenoxy) is 2. The van der Waals surface area contributed by atoms with Crippen LogP contribution < -0.4 is 14.4 Å². The predicted octanol–water partition coefficient (Wildman–Crippen LogP) is 4.51. The lowest BCUT2D eigenvalue weighted by Gasteiger charge is -2.25. The van der Waals surface area contributed by atoms with E-state index in [-0.39, 0.29) is 11.3 Å². The summed E-state index contributed by atoms with van der Waals surface area (Å²) >= 11 is 0. The Hall–Kier alpha value is -4.13. The molecule has 2 aromatic carbocycles. The number of aliphatic hydroxyl groups excluding tert-OH is 1. The lowest BCUT2D eigenvalue weighted by Crippen LogP contribution is -2.29. The molecule has 7 nitrogen and oxygen atoms in total. The van der Waals surface area contributed by atoms with Crippen LogP contribution in [0, 0.1) is 0 Å². The number of rotatable bonds is 7. The molecule has 0 bridgehead atoms. The van der Waals surface area contributed by atoms with Gasteiger partial charge in [-0.25, -0.2) is 0 Å². The van der Waals surface area contributed by atoms with E-state index >= 15 is 0 Å². The quantitative estimate of drug-likeness (QED) is 0.328. The van der Waals surface area contributed by atoms with Crippen LogP contribution in [0.5, 0.6) is 11.5 Å². The maximum absolute atomic E-state index is 13.2. The first kappa shape index (κ1) is 22.1. The molecule has 1 unspecified atom stereocenters. The van der Waals surface area contributed by atoms with E-state index in [9.17, 15) is 14.7 Å². The van der Waals surface area contributed by atoms with Crippen molar-refractivity contribution in [3.8, 4) is 11.5 Å². The van der Waals surface area contributed by atoms with Crippen molar-refractivity contribution < 1.29 is 24.2 Å². The van der Waals surface area contributed by atoms with Gasteiger partial charge in [-0.2, -0.15) is 0 Å². The minimum Gasteiger partial charge on any atom is -0.507 e. The fraction of sp³-hybridized carbons (Fsp3) is 0.192. The zero-order valence-electron chi connectivity index (χ0n) is 18.4. The monoisotopic (exact) mass is 444 g/mol. The standard InChI is InChI=1S/C26H24N2O5/c1-3-32-20-12-10-19(11-13-20)28-23(18-8-6-14-27-16-18)22(25(30)26(28)31)24(29)17-7-5-9-21(15-17)33-4-2/h5-16,23,29H,3-4H2,1-2H3/b24-22-. The second-order valence-corrected chi connectivity index (χ2v) is 7.34. The molecule has 1 saturated heterocycles. The fourth-order valence-electron chi connectivity index (χ4n) is 3.88. The smallest absolute Gasteiger partial charge is 0.300 e. The number of carbonyl (C=O) groups excluding carboxylic acids is 2. The van der Waals surface area contributed by atoms with Crippen molar-refractivity contribution in [3.63, 3.8) is 0 Å². The number of ketones is 1. The summed E-state index contributed by atoms with van der Waals surface area (Å²) in [7, 11) is 0. The summed E-state index contributed by atoms with van der Waals surface area (Å²) in [5.74, 6) is -0.548. The summed E-state index contributed by atoms with van der Waals surface area (Å²) < 4.78 is 11.0. The summed E-state index contributed by atoms with van der Waals surface area (Å²) in [6.07, 6.45) is 3.19. The largest absolute Gasteiger partial charge is 0.507 e. The Bertz CT molecular complexity index is 1190. The van der Waals surface area contributed by atoms with Gasteiger partial charge in [0.25, 0.3) is 11.7 Å². The van der Waals surface area contributed by atoms with E-state index in [1.54, 1.807) is 73.1 Å². The summed E-state index contributed by atoms with van der Waals surface area (Å²) in [5, 5.41) is 11.2. The third-order valence-corrected chi connectivity index (χ3v) is 5.29. The highest BCUT2D eigenvalue weighted by Crippen LogP contribution is 2.42. The number of anilines is 1. The van der Waals surface area contributed by atoms with Crippen LogP contribution in [0.3, 0.4) is 0 Å². The van der Waals surface area contributed by atoms with Gasteiger partial charge in [0, 0.05) is 23.6 Å². The summed E-state index contributed by atoms with van der Waals surface area (Å²) in [6, 6.07) is 16.4. The zero-order chi connectivity index (χ0) is 23.4. The highest BCUT2D eigenvalue weighted by atomic mass is 16.5. The van der Waals surface area contributed by atoms with Gasteiger partial charge in [0.15, 0.2) is 0 Å². The van der Waals surface area contributed by atoms with Gasteiger partial charge in [-0.15, -0.1) is 0 Å². The van der Waals surface area contributed by atoms with E-state index < -0.39 is 17.7 Å². The molecule has 2 heterocycles. The minimum atomic E-state index is -0.840. The molecule has 1 atom stereocenters. The van der Waals surface area contributed by atoms with Crippen LogP contribution in [0.4, 0.5) is 5.69 Å². The van der Waals surface area contributed by atoms with Crippen LogP contribution in [0.1, 0.15) is 31.0 Å².